The third-order valence-electron chi connectivity index (χ3n) is 2.57. The number of esters is 1. The van der Waals surface area contributed by atoms with Gasteiger partial charge in [0.05, 0.1) is 7.11 Å². The zero-order valence-corrected chi connectivity index (χ0v) is 10.0. The zero-order chi connectivity index (χ0) is 13.1. The second-order valence-electron chi connectivity index (χ2n) is 4.19. The van der Waals surface area contributed by atoms with Crippen LogP contribution >= 0.6 is 0 Å². The summed E-state index contributed by atoms with van der Waals surface area (Å²) in [7, 11) is 1.24. The van der Waals surface area contributed by atoms with E-state index in [1.54, 1.807) is 0 Å². The molecule has 0 heterocycles. The minimum Gasteiger partial charge on any atom is -0.468 e. The minimum atomic E-state index is -1.22. The summed E-state index contributed by atoms with van der Waals surface area (Å²) in [5.41, 5.74) is -0.360. The Bertz CT molecular complexity index is 443. The average Bonchev–Trinajstić information content (AvgIpc) is 2.36. The second-order valence-corrected chi connectivity index (χ2v) is 4.19. The van der Waals surface area contributed by atoms with Gasteiger partial charge < -0.3 is 4.74 Å². The highest BCUT2D eigenvalue weighted by atomic mass is 16.5. The lowest BCUT2D eigenvalue weighted by Crippen LogP contribution is -2.34. The van der Waals surface area contributed by atoms with Crippen molar-refractivity contribution in [2.75, 3.05) is 7.11 Å². The fourth-order valence-electron chi connectivity index (χ4n) is 1.42. The number of methoxy groups -OCH3 is 1. The van der Waals surface area contributed by atoms with E-state index in [2.05, 4.69) is 4.74 Å². The Balaban J connectivity index is 3.03. The number of hydrogen-bond donors (Lipinski definition) is 0. The van der Waals surface area contributed by atoms with Crippen molar-refractivity contribution in [3.05, 3.63) is 35.4 Å². The molecule has 0 spiro atoms. The van der Waals surface area contributed by atoms with Crippen LogP contribution in [0, 0.1) is 5.41 Å². The van der Waals surface area contributed by atoms with Gasteiger partial charge in [-0.3, -0.25) is 14.4 Å². The average molecular weight is 234 g/mol. The van der Waals surface area contributed by atoms with Gasteiger partial charge in [0.2, 0.25) is 0 Å². The van der Waals surface area contributed by atoms with E-state index in [4.69, 9.17) is 0 Å². The molecule has 0 atom stereocenters. The summed E-state index contributed by atoms with van der Waals surface area (Å²) in [4.78, 5) is 34.0. The van der Waals surface area contributed by atoms with E-state index in [9.17, 15) is 14.4 Å². The van der Waals surface area contributed by atoms with Gasteiger partial charge in [-0.05, 0) is 13.8 Å². The molecule has 0 saturated carbocycles. The van der Waals surface area contributed by atoms with E-state index in [1.165, 1.54) is 45.2 Å². The molecule has 0 aromatic heterocycles. The summed E-state index contributed by atoms with van der Waals surface area (Å²) in [6, 6.07) is 6.12. The predicted octanol–water partition coefficient (Wildman–Crippen LogP) is 1.88. The molecule has 1 rings (SSSR count). The van der Waals surface area contributed by atoms with Crippen LogP contribution in [0.4, 0.5) is 0 Å². The second kappa shape index (κ2) is 4.91. The van der Waals surface area contributed by atoms with Crippen LogP contribution in [0.3, 0.4) is 0 Å². The molecule has 0 aliphatic carbocycles. The molecule has 0 saturated heterocycles. The van der Waals surface area contributed by atoms with Gasteiger partial charge in [0.25, 0.3) is 0 Å². The summed E-state index contributed by atoms with van der Waals surface area (Å²) in [5.74, 6) is -0.913. The molecule has 1 aromatic rings. The van der Waals surface area contributed by atoms with Crippen molar-refractivity contribution >= 4 is 18.0 Å². The number of carbonyl (C=O) groups is 3. The molecule has 0 radical (unpaired) electrons. The molecule has 0 aliphatic heterocycles. The molecular formula is C13H14O4. The van der Waals surface area contributed by atoms with Crippen LogP contribution in [-0.2, 0) is 9.53 Å². The topological polar surface area (TPSA) is 60.4 Å². The third kappa shape index (κ3) is 2.58. The molecule has 0 unspecified atom stereocenters. The van der Waals surface area contributed by atoms with Crippen molar-refractivity contribution < 1.29 is 19.1 Å². The number of carbonyl (C=O) groups excluding carboxylic acids is 3. The molecule has 0 aliphatic rings. The molecule has 0 N–H and O–H groups in total. The van der Waals surface area contributed by atoms with Crippen LogP contribution in [-0.4, -0.2) is 25.1 Å². The first kappa shape index (κ1) is 13.1. The van der Waals surface area contributed by atoms with Crippen LogP contribution in [0.5, 0.6) is 0 Å². The SMILES string of the molecule is COC(=O)C(C)(C)C(=O)c1ccc(C=O)cc1. The summed E-state index contributed by atoms with van der Waals surface area (Å²) in [6.07, 6.45) is 0.694. The Kier molecular flexibility index (Phi) is 3.78. The quantitative estimate of drug-likeness (QED) is 0.345. The molecule has 90 valence electrons. The third-order valence-corrected chi connectivity index (χ3v) is 2.57. The van der Waals surface area contributed by atoms with Crippen molar-refractivity contribution in [2.45, 2.75) is 13.8 Å². The van der Waals surface area contributed by atoms with Crippen LogP contribution in [0.15, 0.2) is 24.3 Å². The van der Waals surface area contributed by atoms with Gasteiger partial charge in [-0.15, -0.1) is 0 Å². The van der Waals surface area contributed by atoms with Gasteiger partial charge in [0.15, 0.2) is 5.78 Å². The number of rotatable bonds is 4. The number of hydrogen-bond acceptors (Lipinski definition) is 4. The lowest BCUT2D eigenvalue weighted by molar-refractivity contribution is -0.147. The minimum absolute atomic E-state index is 0.332. The standard InChI is InChI=1S/C13H14O4/c1-13(2,12(16)17-3)11(15)10-6-4-9(8-14)5-7-10/h4-8H,1-3H3. The van der Waals surface area contributed by atoms with Crippen LogP contribution in [0.1, 0.15) is 34.6 Å². The van der Waals surface area contributed by atoms with Crippen molar-refractivity contribution in [3.8, 4) is 0 Å². The van der Waals surface area contributed by atoms with Crippen molar-refractivity contribution in [1.29, 1.82) is 0 Å². The highest BCUT2D eigenvalue weighted by molar-refractivity contribution is 6.11. The molecule has 17 heavy (non-hydrogen) atoms. The molecule has 0 bridgehead atoms. The van der Waals surface area contributed by atoms with E-state index in [1.807, 2.05) is 0 Å². The molecule has 0 fully saturated rings. The van der Waals surface area contributed by atoms with E-state index < -0.39 is 11.4 Å². The molecule has 1 aromatic carbocycles. The molecule has 0 amide bonds. The van der Waals surface area contributed by atoms with Crippen LogP contribution in [0.2, 0.25) is 0 Å². The summed E-state index contributed by atoms with van der Waals surface area (Å²) >= 11 is 0. The molecule has 4 heteroatoms. The largest absolute Gasteiger partial charge is 0.468 e. The van der Waals surface area contributed by atoms with Crippen LogP contribution < -0.4 is 0 Å². The molecular weight excluding hydrogens is 220 g/mol. The van der Waals surface area contributed by atoms with Gasteiger partial charge in [0.1, 0.15) is 11.7 Å². The Morgan fingerprint density at radius 3 is 2.12 bits per heavy atom. The summed E-state index contributed by atoms with van der Waals surface area (Å²) in [5, 5.41) is 0. The Morgan fingerprint density at radius 2 is 1.71 bits per heavy atom. The molecule has 4 nitrogen and oxygen atoms in total. The number of ketones is 1. The number of benzene rings is 1. The highest BCUT2D eigenvalue weighted by Crippen LogP contribution is 2.23. The van der Waals surface area contributed by atoms with Crippen LogP contribution in [0.25, 0.3) is 0 Å². The lowest BCUT2D eigenvalue weighted by atomic mass is 9.84. The maximum absolute atomic E-state index is 12.1. The number of ether oxygens (including phenoxy) is 1. The Labute approximate surface area is 99.6 Å². The van der Waals surface area contributed by atoms with Crippen molar-refractivity contribution in [1.82, 2.24) is 0 Å². The lowest BCUT2D eigenvalue weighted by Gasteiger charge is -2.19. The Hall–Kier alpha value is -1.97. The smallest absolute Gasteiger partial charge is 0.319 e. The first-order valence-corrected chi connectivity index (χ1v) is 5.12. The van der Waals surface area contributed by atoms with Crippen molar-refractivity contribution in [2.24, 2.45) is 5.41 Å². The van der Waals surface area contributed by atoms with E-state index in [-0.39, 0.29) is 5.78 Å². The van der Waals surface area contributed by atoms with Gasteiger partial charge in [0, 0.05) is 11.1 Å². The number of aldehydes is 1. The normalized spacial score (nSPS) is 10.8. The van der Waals surface area contributed by atoms with E-state index in [0.29, 0.717) is 17.4 Å². The summed E-state index contributed by atoms with van der Waals surface area (Å²) in [6.45, 7) is 3.02. The van der Waals surface area contributed by atoms with Gasteiger partial charge in [-0.2, -0.15) is 0 Å². The maximum Gasteiger partial charge on any atom is 0.319 e. The van der Waals surface area contributed by atoms with Gasteiger partial charge in [-0.1, -0.05) is 24.3 Å². The van der Waals surface area contributed by atoms with Gasteiger partial charge >= 0.3 is 5.97 Å². The summed E-state index contributed by atoms with van der Waals surface area (Å²) < 4.78 is 4.59. The Morgan fingerprint density at radius 1 is 1.18 bits per heavy atom. The fourth-order valence-corrected chi connectivity index (χ4v) is 1.42. The zero-order valence-electron chi connectivity index (χ0n) is 10.0. The van der Waals surface area contributed by atoms with Gasteiger partial charge in [-0.25, -0.2) is 0 Å². The predicted molar refractivity (Wildman–Crippen MR) is 62.0 cm³/mol. The van der Waals surface area contributed by atoms with E-state index >= 15 is 0 Å². The number of Topliss-reactive ketones (excluding diaryl/α,β-unsaturated/α-hetero) is 1. The first-order valence-electron chi connectivity index (χ1n) is 5.12. The maximum atomic E-state index is 12.1. The fraction of sp³-hybridized carbons (Fsp3) is 0.308. The first-order chi connectivity index (χ1) is 7.93. The highest BCUT2D eigenvalue weighted by Gasteiger charge is 2.37. The monoisotopic (exact) mass is 234 g/mol. The van der Waals surface area contributed by atoms with E-state index in [0.717, 1.165) is 0 Å². The van der Waals surface area contributed by atoms with Crippen molar-refractivity contribution in [3.63, 3.8) is 0 Å².